The van der Waals surface area contributed by atoms with Crippen molar-refractivity contribution in [3.8, 4) is 17.2 Å². The number of halogens is 1. The number of ether oxygens (including phenoxy) is 2. The summed E-state index contributed by atoms with van der Waals surface area (Å²) in [6.45, 7) is 2.79. The third-order valence-corrected chi connectivity index (χ3v) is 7.00. The van der Waals surface area contributed by atoms with E-state index < -0.39 is 100 Å². The largest absolute Gasteiger partial charge is 0.505 e. The van der Waals surface area contributed by atoms with Crippen LogP contribution in [0, 0.1) is 5.82 Å². The SMILES string of the molecule is C=C(O)/C(O)=C1/C(=O)N(C2(O)CCC(=O)NC2=O)C/C1=C(/O)OCc1c(O)c(O)c(CN2CCOCC2)c(O)c1F. The first-order valence-electron chi connectivity index (χ1n) is 12.3. The van der Waals surface area contributed by atoms with E-state index in [1.807, 2.05) is 5.32 Å². The lowest BCUT2D eigenvalue weighted by atomic mass is 10.00. The van der Waals surface area contributed by atoms with Crippen LogP contribution in [0.5, 0.6) is 17.2 Å². The number of hydrogen-bond donors (Lipinski definition) is 8. The van der Waals surface area contributed by atoms with Gasteiger partial charge in [-0.2, -0.15) is 0 Å². The van der Waals surface area contributed by atoms with Crippen LogP contribution < -0.4 is 5.32 Å². The van der Waals surface area contributed by atoms with Crippen LogP contribution in [0.15, 0.2) is 35.2 Å². The van der Waals surface area contributed by atoms with Gasteiger partial charge in [-0.05, 0) is 0 Å². The van der Waals surface area contributed by atoms with Crippen molar-refractivity contribution in [1.29, 1.82) is 0 Å². The number of carbonyl (C=O) groups is 3. The van der Waals surface area contributed by atoms with Crippen molar-refractivity contribution in [2.45, 2.75) is 31.7 Å². The number of piperidine rings is 1. The summed E-state index contributed by atoms with van der Waals surface area (Å²) in [5.41, 5.74) is -5.07. The first kappa shape index (κ1) is 29.4. The zero-order chi connectivity index (χ0) is 30.2. The number of hydrogen-bond acceptors (Lipinski definition) is 13. The predicted molar refractivity (Wildman–Crippen MR) is 132 cm³/mol. The molecule has 3 aliphatic rings. The van der Waals surface area contributed by atoms with E-state index in [4.69, 9.17) is 9.47 Å². The molecule has 3 amide bonds. The van der Waals surface area contributed by atoms with Crippen LogP contribution in [-0.2, 0) is 37.0 Å². The van der Waals surface area contributed by atoms with Crippen molar-refractivity contribution in [3.05, 3.63) is 52.1 Å². The number of morpholine rings is 1. The van der Waals surface area contributed by atoms with Gasteiger partial charge in [-0.1, -0.05) is 6.58 Å². The van der Waals surface area contributed by atoms with Crippen molar-refractivity contribution < 1.29 is 64.0 Å². The molecule has 15 nitrogen and oxygen atoms in total. The van der Waals surface area contributed by atoms with Crippen LogP contribution in [0.2, 0.25) is 0 Å². The van der Waals surface area contributed by atoms with E-state index in [1.54, 1.807) is 4.90 Å². The molecule has 0 aromatic heterocycles. The number of phenolic OH excluding ortho intramolecular Hbond substituents is 3. The summed E-state index contributed by atoms with van der Waals surface area (Å²) in [5.74, 6) is -10.7. The van der Waals surface area contributed by atoms with Crippen LogP contribution >= 0.6 is 0 Å². The van der Waals surface area contributed by atoms with Gasteiger partial charge < -0.3 is 45.2 Å². The number of phenols is 3. The predicted octanol–water partition coefficient (Wildman–Crippen LogP) is -0.0879. The van der Waals surface area contributed by atoms with Gasteiger partial charge in [0.2, 0.25) is 11.6 Å². The Hall–Kier alpha value is -4.54. The number of aliphatic hydroxyl groups excluding tert-OH is 3. The molecule has 222 valence electrons. The molecule has 3 heterocycles. The van der Waals surface area contributed by atoms with Gasteiger partial charge in [0.05, 0.1) is 42.0 Å². The topological polar surface area (TPSA) is 230 Å². The summed E-state index contributed by atoms with van der Waals surface area (Å²) in [6.07, 6.45) is -0.876. The van der Waals surface area contributed by atoms with Gasteiger partial charge in [0.25, 0.3) is 17.8 Å². The number of nitrogens with zero attached hydrogens (tertiary/aromatic N) is 2. The number of aromatic hydroxyl groups is 3. The minimum absolute atomic E-state index is 0.111. The number of likely N-dealkylation sites (tertiary alicyclic amines) is 1. The molecule has 3 fully saturated rings. The first-order chi connectivity index (χ1) is 19.3. The molecule has 0 aliphatic carbocycles. The van der Waals surface area contributed by atoms with Crippen LogP contribution in [0.4, 0.5) is 4.39 Å². The fourth-order valence-electron chi connectivity index (χ4n) is 4.65. The molecule has 16 heteroatoms. The molecule has 1 atom stereocenters. The molecule has 3 saturated heterocycles. The van der Waals surface area contributed by atoms with Crippen LogP contribution in [-0.4, -0.2) is 102 Å². The quantitative estimate of drug-likeness (QED) is 0.0693. The first-order valence-corrected chi connectivity index (χ1v) is 12.3. The fourth-order valence-corrected chi connectivity index (χ4v) is 4.65. The number of aliphatic hydroxyl groups is 4. The molecule has 0 saturated carbocycles. The highest BCUT2D eigenvalue weighted by molar-refractivity contribution is 6.08. The highest BCUT2D eigenvalue weighted by Crippen LogP contribution is 2.43. The average Bonchev–Trinajstić information content (AvgIpc) is 3.29. The van der Waals surface area contributed by atoms with Gasteiger partial charge in [0, 0.05) is 32.5 Å². The van der Waals surface area contributed by atoms with E-state index in [0.29, 0.717) is 31.2 Å². The Morgan fingerprint density at radius 2 is 1.68 bits per heavy atom. The number of imide groups is 1. The molecule has 1 unspecified atom stereocenters. The highest BCUT2D eigenvalue weighted by Gasteiger charge is 2.53. The lowest BCUT2D eigenvalue weighted by Crippen LogP contribution is -2.63. The Balaban J connectivity index is 1.65. The van der Waals surface area contributed by atoms with Crippen molar-refractivity contribution >= 4 is 17.7 Å². The molecule has 8 N–H and O–H groups in total. The van der Waals surface area contributed by atoms with E-state index in [9.17, 15) is 50.1 Å². The molecule has 41 heavy (non-hydrogen) atoms. The monoisotopic (exact) mass is 581 g/mol. The van der Waals surface area contributed by atoms with E-state index in [2.05, 4.69) is 6.58 Å². The molecule has 3 aliphatic heterocycles. The molecule has 1 aromatic rings. The summed E-state index contributed by atoms with van der Waals surface area (Å²) in [5, 5.41) is 74.8. The average molecular weight is 582 g/mol. The maximum atomic E-state index is 15.1. The number of carbonyl (C=O) groups excluding carboxylic acids is 3. The van der Waals surface area contributed by atoms with E-state index in [1.165, 1.54) is 0 Å². The number of amides is 3. The molecular weight excluding hydrogens is 553 g/mol. The van der Waals surface area contributed by atoms with Crippen LogP contribution in [0.25, 0.3) is 0 Å². The molecule has 0 radical (unpaired) electrons. The zero-order valence-electron chi connectivity index (χ0n) is 21.5. The lowest BCUT2D eigenvalue weighted by molar-refractivity contribution is -0.177. The van der Waals surface area contributed by atoms with Gasteiger partial charge in [-0.15, -0.1) is 0 Å². The number of nitrogens with one attached hydrogen (secondary N) is 1. The molecule has 4 rings (SSSR count). The maximum absolute atomic E-state index is 15.1. The smallest absolute Gasteiger partial charge is 0.283 e. The van der Waals surface area contributed by atoms with Gasteiger partial charge in [-0.3, -0.25) is 29.5 Å². The van der Waals surface area contributed by atoms with Crippen molar-refractivity contribution in [1.82, 2.24) is 15.1 Å². The fraction of sp³-hybridized carbons (Fsp3) is 0.400. The Morgan fingerprint density at radius 1 is 1.05 bits per heavy atom. The Labute approximate surface area is 231 Å². The lowest BCUT2D eigenvalue weighted by Gasteiger charge is -2.37. The second-order valence-electron chi connectivity index (χ2n) is 9.53. The number of rotatable bonds is 7. The zero-order valence-corrected chi connectivity index (χ0v) is 21.5. The second kappa shape index (κ2) is 11.1. The summed E-state index contributed by atoms with van der Waals surface area (Å²) in [4.78, 5) is 39.3. The Bertz CT molecular complexity index is 1360. The summed E-state index contributed by atoms with van der Waals surface area (Å²) < 4.78 is 25.4. The summed E-state index contributed by atoms with van der Waals surface area (Å²) >= 11 is 0. The van der Waals surface area contributed by atoms with E-state index >= 15 is 4.39 Å². The summed E-state index contributed by atoms with van der Waals surface area (Å²) in [7, 11) is 0. The van der Waals surface area contributed by atoms with Crippen molar-refractivity contribution in [2.24, 2.45) is 0 Å². The Morgan fingerprint density at radius 3 is 2.29 bits per heavy atom. The van der Waals surface area contributed by atoms with E-state index in [0.717, 1.165) is 0 Å². The molecular formula is C25H28FN3O12. The number of benzene rings is 1. The van der Waals surface area contributed by atoms with Crippen LogP contribution in [0.1, 0.15) is 24.0 Å². The minimum atomic E-state index is -2.59. The van der Waals surface area contributed by atoms with Crippen molar-refractivity contribution in [3.63, 3.8) is 0 Å². The normalized spacial score (nSPS) is 24.3. The summed E-state index contributed by atoms with van der Waals surface area (Å²) in [6, 6.07) is 0. The standard InChI is InChI=1S/C25H28FN3O12/c1-11(30)18(32)16-12(9-29(22(16)36)25(39)3-2-15(31)27-24(25)38)23(37)41-10-14-17(26)19(33)13(20(34)21(14)35)8-28-4-6-40-7-5-28/h30,32-35,37,39H,1-10H2,(H,27,31,38)/b18-16-,23-12+. The molecule has 0 bridgehead atoms. The van der Waals surface area contributed by atoms with Gasteiger partial charge >= 0.3 is 0 Å². The van der Waals surface area contributed by atoms with Gasteiger partial charge in [-0.25, -0.2) is 4.39 Å². The van der Waals surface area contributed by atoms with Crippen molar-refractivity contribution in [2.75, 3.05) is 32.8 Å². The molecule has 1 aromatic carbocycles. The van der Waals surface area contributed by atoms with Crippen LogP contribution in [0.3, 0.4) is 0 Å². The third-order valence-electron chi connectivity index (χ3n) is 7.00. The van der Waals surface area contributed by atoms with E-state index in [-0.39, 0.29) is 18.5 Å². The Kier molecular flexibility index (Phi) is 8.01. The van der Waals surface area contributed by atoms with Gasteiger partial charge in [0.15, 0.2) is 34.6 Å². The van der Waals surface area contributed by atoms with Gasteiger partial charge in [0.1, 0.15) is 6.61 Å². The second-order valence-corrected chi connectivity index (χ2v) is 9.53. The minimum Gasteiger partial charge on any atom is -0.505 e. The third kappa shape index (κ3) is 5.31. The molecule has 0 spiro atoms. The highest BCUT2D eigenvalue weighted by atomic mass is 19.1. The maximum Gasteiger partial charge on any atom is 0.283 e.